The Kier molecular flexibility index (Phi) is 6.01. The fourth-order valence-corrected chi connectivity index (χ4v) is 3.16. The summed E-state index contributed by atoms with van der Waals surface area (Å²) in [5.74, 6) is 0.434. The van der Waals surface area contributed by atoms with Gasteiger partial charge >= 0.3 is 0 Å². The maximum atomic E-state index is 13.3. The molecule has 2 aromatic carbocycles. The van der Waals surface area contributed by atoms with Crippen molar-refractivity contribution in [2.75, 3.05) is 6.54 Å². The highest BCUT2D eigenvalue weighted by molar-refractivity contribution is 6.04. The number of carbonyl (C=O) groups is 2. The predicted molar refractivity (Wildman–Crippen MR) is 101 cm³/mol. The van der Waals surface area contributed by atoms with Gasteiger partial charge in [-0.2, -0.15) is 0 Å². The van der Waals surface area contributed by atoms with Gasteiger partial charge in [-0.15, -0.1) is 0 Å². The molecule has 1 atom stereocenters. The topological polar surface area (TPSA) is 46.6 Å². The van der Waals surface area contributed by atoms with Crippen LogP contribution in [0.1, 0.15) is 36.5 Å². The van der Waals surface area contributed by atoms with Gasteiger partial charge in [0.05, 0.1) is 6.04 Å². The van der Waals surface area contributed by atoms with Crippen LogP contribution in [0.25, 0.3) is 0 Å². The zero-order valence-corrected chi connectivity index (χ0v) is 15.2. The number of benzene rings is 2. The highest BCUT2D eigenvalue weighted by Crippen LogP contribution is 2.24. The van der Waals surface area contributed by atoms with Gasteiger partial charge in [0.25, 0.3) is 0 Å². The minimum absolute atomic E-state index is 0.0203. The van der Waals surface area contributed by atoms with E-state index in [2.05, 4.69) is 0 Å². The first-order chi connectivity index (χ1) is 13.1. The second-order valence-electron chi connectivity index (χ2n) is 6.50. The molecule has 1 aliphatic rings. The second kappa shape index (κ2) is 8.62. The Morgan fingerprint density at radius 2 is 1.96 bits per heavy atom. The molecule has 1 aliphatic heterocycles. The lowest BCUT2D eigenvalue weighted by molar-refractivity contribution is -0.128. The fraction of sp³-hybridized carbons (Fsp3) is 0.273. The number of ether oxygens (including phenoxy) is 1. The van der Waals surface area contributed by atoms with Gasteiger partial charge < -0.3 is 9.64 Å². The van der Waals surface area contributed by atoms with Crippen LogP contribution < -0.4 is 4.74 Å². The van der Waals surface area contributed by atoms with E-state index in [1.807, 2.05) is 17.9 Å². The van der Waals surface area contributed by atoms with E-state index in [1.165, 1.54) is 18.2 Å². The van der Waals surface area contributed by atoms with Crippen LogP contribution in [0.15, 0.2) is 60.7 Å². The molecule has 1 heterocycles. The van der Waals surface area contributed by atoms with Crippen LogP contribution in [0.4, 0.5) is 4.39 Å². The molecule has 5 heteroatoms. The van der Waals surface area contributed by atoms with Gasteiger partial charge in [0.15, 0.2) is 5.78 Å². The maximum absolute atomic E-state index is 13.3. The lowest BCUT2D eigenvalue weighted by Crippen LogP contribution is -2.32. The van der Waals surface area contributed by atoms with Crippen LogP contribution in [-0.2, 0) is 4.79 Å². The molecular weight excluding hydrogens is 345 g/mol. The lowest BCUT2D eigenvalue weighted by Gasteiger charge is -2.21. The molecule has 0 radical (unpaired) electrons. The van der Waals surface area contributed by atoms with Crippen LogP contribution in [0, 0.1) is 5.82 Å². The fourth-order valence-electron chi connectivity index (χ4n) is 3.16. The Balaban J connectivity index is 1.69. The Hall–Kier alpha value is -2.95. The Bertz CT molecular complexity index is 862. The highest BCUT2D eigenvalue weighted by atomic mass is 19.1. The molecule has 0 N–H and O–H groups in total. The summed E-state index contributed by atoms with van der Waals surface area (Å²) in [5, 5.41) is 0. The van der Waals surface area contributed by atoms with Crippen LogP contribution in [0.3, 0.4) is 0 Å². The number of rotatable bonds is 7. The SMILES string of the molecule is CCCN1C(=O)CC[C@@H]1/C=C/C(=O)c1cccc(Oc2cccc(F)c2)c1. The minimum Gasteiger partial charge on any atom is -0.457 e. The molecule has 0 saturated carbocycles. The van der Waals surface area contributed by atoms with E-state index in [0.29, 0.717) is 30.0 Å². The molecule has 1 fully saturated rings. The van der Waals surface area contributed by atoms with Crippen molar-refractivity contribution in [2.45, 2.75) is 32.2 Å². The third-order valence-electron chi connectivity index (χ3n) is 4.46. The molecule has 0 aromatic heterocycles. The van der Waals surface area contributed by atoms with Crippen molar-refractivity contribution in [1.29, 1.82) is 0 Å². The number of hydrogen-bond donors (Lipinski definition) is 0. The third kappa shape index (κ3) is 4.82. The minimum atomic E-state index is -0.384. The van der Waals surface area contributed by atoms with Crippen molar-refractivity contribution < 1.29 is 18.7 Å². The smallest absolute Gasteiger partial charge is 0.223 e. The summed E-state index contributed by atoms with van der Waals surface area (Å²) in [4.78, 5) is 26.2. The van der Waals surface area contributed by atoms with Crippen LogP contribution in [0.2, 0.25) is 0 Å². The monoisotopic (exact) mass is 367 g/mol. The molecule has 0 bridgehead atoms. The van der Waals surface area contributed by atoms with Crippen LogP contribution in [-0.4, -0.2) is 29.2 Å². The van der Waals surface area contributed by atoms with E-state index in [4.69, 9.17) is 4.74 Å². The summed E-state index contributed by atoms with van der Waals surface area (Å²) < 4.78 is 18.9. The molecule has 0 aliphatic carbocycles. The number of ketones is 1. The summed E-state index contributed by atoms with van der Waals surface area (Å²) in [6, 6.07) is 12.6. The first kappa shape index (κ1) is 18.8. The summed E-state index contributed by atoms with van der Waals surface area (Å²) in [7, 11) is 0. The van der Waals surface area contributed by atoms with Crippen molar-refractivity contribution >= 4 is 11.7 Å². The second-order valence-corrected chi connectivity index (χ2v) is 6.50. The van der Waals surface area contributed by atoms with Crippen molar-refractivity contribution in [2.24, 2.45) is 0 Å². The van der Waals surface area contributed by atoms with E-state index in [0.717, 1.165) is 12.8 Å². The largest absolute Gasteiger partial charge is 0.457 e. The Morgan fingerprint density at radius 3 is 2.70 bits per heavy atom. The zero-order chi connectivity index (χ0) is 19.2. The van der Waals surface area contributed by atoms with Gasteiger partial charge in [-0.3, -0.25) is 9.59 Å². The Morgan fingerprint density at radius 1 is 1.22 bits per heavy atom. The van der Waals surface area contributed by atoms with E-state index < -0.39 is 0 Å². The molecule has 27 heavy (non-hydrogen) atoms. The molecule has 0 unspecified atom stereocenters. The number of halogens is 1. The first-order valence-electron chi connectivity index (χ1n) is 9.12. The lowest BCUT2D eigenvalue weighted by atomic mass is 10.1. The maximum Gasteiger partial charge on any atom is 0.223 e. The number of nitrogens with zero attached hydrogens (tertiary/aromatic N) is 1. The molecular formula is C22H22FNO3. The number of carbonyl (C=O) groups excluding carboxylic acids is 2. The van der Waals surface area contributed by atoms with Crippen molar-refractivity contribution in [1.82, 2.24) is 4.90 Å². The zero-order valence-electron chi connectivity index (χ0n) is 15.2. The quantitative estimate of drug-likeness (QED) is 0.524. The normalized spacial score (nSPS) is 16.9. The average Bonchev–Trinajstić information content (AvgIpc) is 3.00. The molecule has 4 nitrogen and oxygen atoms in total. The van der Waals surface area contributed by atoms with E-state index >= 15 is 0 Å². The summed E-state index contributed by atoms with van der Waals surface area (Å²) >= 11 is 0. The van der Waals surface area contributed by atoms with Gasteiger partial charge in [0, 0.05) is 24.6 Å². The molecule has 1 amide bonds. The first-order valence-corrected chi connectivity index (χ1v) is 9.12. The molecule has 1 saturated heterocycles. The molecule has 2 aromatic rings. The van der Waals surface area contributed by atoms with Gasteiger partial charge in [-0.05, 0) is 43.2 Å². The molecule has 0 spiro atoms. The van der Waals surface area contributed by atoms with E-state index in [-0.39, 0.29) is 23.5 Å². The van der Waals surface area contributed by atoms with Crippen molar-refractivity contribution in [3.05, 3.63) is 72.1 Å². The molecule has 140 valence electrons. The van der Waals surface area contributed by atoms with Crippen molar-refractivity contribution in [3.63, 3.8) is 0 Å². The summed E-state index contributed by atoms with van der Waals surface area (Å²) in [5.41, 5.74) is 0.478. The summed E-state index contributed by atoms with van der Waals surface area (Å²) in [6.45, 7) is 2.74. The van der Waals surface area contributed by atoms with Gasteiger partial charge in [-0.25, -0.2) is 4.39 Å². The van der Waals surface area contributed by atoms with Crippen LogP contribution >= 0.6 is 0 Å². The third-order valence-corrected chi connectivity index (χ3v) is 4.46. The van der Waals surface area contributed by atoms with Gasteiger partial charge in [0.1, 0.15) is 17.3 Å². The van der Waals surface area contributed by atoms with Gasteiger partial charge in [-0.1, -0.05) is 31.2 Å². The number of likely N-dealkylation sites (tertiary alicyclic amines) is 1. The molecule has 3 rings (SSSR count). The highest BCUT2D eigenvalue weighted by Gasteiger charge is 2.28. The number of allylic oxidation sites excluding steroid dienone is 1. The predicted octanol–water partition coefficient (Wildman–Crippen LogP) is 4.76. The van der Waals surface area contributed by atoms with Crippen LogP contribution in [0.5, 0.6) is 11.5 Å². The summed E-state index contributed by atoms with van der Waals surface area (Å²) in [6.07, 6.45) is 5.49. The van der Waals surface area contributed by atoms with Crippen molar-refractivity contribution in [3.8, 4) is 11.5 Å². The average molecular weight is 367 g/mol. The standard InChI is InChI=1S/C22H22FNO3/c1-2-13-24-18(10-12-22(24)26)9-11-21(25)16-5-3-7-19(14-16)27-20-8-4-6-17(23)15-20/h3-9,11,14-15,18H,2,10,12-13H2,1H3/b11-9+/t18-/m0/s1. The van der Waals surface area contributed by atoms with E-state index in [9.17, 15) is 14.0 Å². The van der Waals surface area contributed by atoms with E-state index in [1.54, 1.807) is 36.4 Å². The number of hydrogen-bond acceptors (Lipinski definition) is 3. The number of amides is 1. The Labute approximate surface area is 158 Å². The van der Waals surface area contributed by atoms with Gasteiger partial charge in [0.2, 0.25) is 5.91 Å².